The second-order valence-corrected chi connectivity index (χ2v) is 4.37. The highest BCUT2D eigenvalue weighted by molar-refractivity contribution is 5.79. The zero-order valence-corrected chi connectivity index (χ0v) is 12.5. The van der Waals surface area contributed by atoms with Gasteiger partial charge >= 0.3 is 5.97 Å². The number of rotatable bonds is 10. The van der Waals surface area contributed by atoms with Gasteiger partial charge < -0.3 is 19.0 Å². The van der Waals surface area contributed by atoms with E-state index in [2.05, 4.69) is 4.74 Å². The van der Waals surface area contributed by atoms with E-state index < -0.39 is 24.1 Å². The van der Waals surface area contributed by atoms with Crippen LogP contribution in [0.25, 0.3) is 0 Å². The van der Waals surface area contributed by atoms with Crippen molar-refractivity contribution in [2.24, 2.45) is 11.8 Å². The lowest BCUT2D eigenvalue weighted by atomic mass is 9.86. The van der Waals surface area contributed by atoms with Crippen LogP contribution in [0.15, 0.2) is 0 Å². The van der Waals surface area contributed by atoms with Gasteiger partial charge in [0.05, 0.1) is 13.2 Å². The molecule has 0 radical (unpaired) electrons. The molecule has 0 rings (SSSR count). The van der Waals surface area contributed by atoms with Crippen LogP contribution in [-0.2, 0) is 23.8 Å². The Morgan fingerprint density at radius 2 is 1.75 bits per heavy atom. The molecule has 20 heavy (non-hydrogen) atoms. The standard InChI is InChI=1S/C14H23NO5/c1-5-19-13(20-6-2)8-11(7-10(3)16)12(9-15)14(17)18-4/h11-13H,5-8H2,1-4H3. The molecule has 0 aromatic heterocycles. The Morgan fingerprint density at radius 3 is 2.10 bits per heavy atom. The number of carbonyl (C=O) groups is 2. The van der Waals surface area contributed by atoms with Crippen molar-refractivity contribution in [3.8, 4) is 6.07 Å². The van der Waals surface area contributed by atoms with Gasteiger partial charge in [-0.25, -0.2) is 0 Å². The maximum atomic E-state index is 11.6. The van der Waals surface area contributed by atoms with Gasteiger partial charge in [-0.1, -0.05) is 0 Å². The quantitative estimate of drug-likeness (QED) is 0.448. The number of Topliss-reactive ketones (excluding diaryl/α,β-unsaturated/α-hetero) is 1. The molecule has 6 nitrogen and oxygen atoms in total. The number of carbonyl (C=O) groups excluding carboxylic acids is 2. The van der Waals surface area contributed by atoms with Crippen molar-refractivity contribution < 1.29 is 23.8 Å². The molecular weight excluding hydrogens is 262 g/mol. The molecule has 0 saturated carbocycles. The van der Waals surface area contributed by atoms with E-state index in [9.17, 15) is 9.59 Å². The summed E-state index contributed by atoms with van der Waals surface area (Å²) in [7, 11) is 1.22. The summed E-state index contributed by atoms with van der Waals surface area (Å²) >= 11 is 0. The highest BCUT2D eigenvalue weighted by Crippen LogP contribution is 2.24. The second-order valence-electron chi connectivity index (χ2n) is 4.37. The van der Waals surface area contributed by atoms with Gasteiger partial charge in [0.2, 0.25) is 0 Å². The van der Waals surface area contributed by atoms with Gasteiger partial charge in [0.1, 0.15) is 11.7 Å². The molecule has 0 N–H and O–H groups in total. The van der Waals surface area contributed by atoms with Crippen LogP contribution in [0.1, 0.15) is 33.6 Å². The number of hydrogen-bond acceptors (Lipinski definition) is 6. The Bertz CT molecular complexity index is 344. The van der Waals surface area contributed by atoms with Gasteiger partial charge in [0.15, 0.2) is 6.29 Å². The number of esters is 1. The maximum absolute atomic E-state index is 11.6. The monoisotopic (exact) mass is 285 g/mol. The van der Waals surface area contributed by atoms with E-state index >= 15 is 0 Å². The first kappa shape index (κ1) is 18.6. The summed E-state index contributed by atoms with van der Waals surface area (Å²) < 4.78 is 15.4. The van der Waals surface area contributed by atoms with Crippen molar-refractivity contribution in [3.63, 3.8) is 0 Å². The fraction of sp³-hybridized carbons (Fsp3) is 0.786. The predicted molar refractivity (Wildman–Crippen MR) is 71.6 cm³/mol. The highest BCUT2D eigenvalue weighted by Gasteiger charge is 2.32. The van der Waals surface area contributed by atoms with Gasteiger partial charge in [-0.2, -0.15) is 5.26 Å². The van der Waals surface area contributed by atoms with Crippen LogP contribution < -0.4 is 0 Å². The Kier molecular flexibility index (Phi) is 9.60. The van der Waals surface area contributed by atoms with Crippen molar-refractivity contribution in [3.05, 3.63) is 0 Å². The summed E-state index contributed by atoms with van der Waals surface area (Å²) in [6.45, 7) is 5.98. The molecule has 0 amide bonds. The molecule has 0 aliphatic carbocycles. The van der Waals surface area contributed by atoms with E-state index in [1.54, 1.807) is 0 Å². The molecular formula is C14H23NO5. The average Bonchev–Trinajstić information content (AvgIpc) is 2.39. The normalized spacial score (nSPS) is 13.6. The van der Waals surface area contributed by atoms with Crippen molar-refractivity contribution in [1.82, 2.24) is 0 Å². The molecule has 0 aromatic carbocycles. The van der Waals surface area contributed by atoms with Crippen molar-refractivity contribution in [2.45, 2.75) is 39.9 Å². The van der Waals surface area contributed by atoms with Crippen LogP contribution in [-0.4, -0.2) is 38.4 Å². The minimum atomic E-state index is -0.993. The molecule has 0 aromatic rings. The van der Waals surface area contributed by atoms with Gasteiger partial charge in [-0.3, -0.25) is 4.79 Å². The number of ether oxygens (including phenoxy) is 3. The SMILES string of the molecule is CCOC(CC(CC(C)=O)C(C#N)C(=O)OC)OCC. The molecule has 0 bridgehead atoms. The van der Waals surface area contributed by atoms with Crippen LogP contribution >= 0.6 is 0 Å². The Hall–Kier alpha value is -1.45. The fourth-order valence-corrected chi connectivity index (χ4v) is 1.99. The molecule has 0 aliphatic heterocycles. The van der Waals surface area contributed by atoms with Gasteiger partial charge in [-0.15, -0.1) is 0 Å². The van der Waals surface area contributed by atoms with E-state index in [-0.39, 0.29) is 12.2 Å². The van der Waals surface area contributed by atoms with E-state index in [1.807, 2.05) is 19.9 Å². The molecule has 2 unspecified atom stereocenters. The number of nitriles is 1. The Balaban J connectivity index is 4.97. The molecule has 0 spiro atoms. The first-order valence-corrected chi connectivity index (χ1v) is 6.70. The van der Waals surface area contributed by atoms with Crippen LogP contribution in [0.5, 0.6) is 0 Å². The number of hydrogen-bond donors (Lipinski definition) is 0. The first-order valence-electron chi connectivity index (χ1n) is 6.70. The topological polar surface area (TPSA) is 85.6 Å². The second kappa shape index (κ2) is 10.4. The molecule has 0 aliphatic rings. The van der Waals surface area contributed by atoms with Crippen LogP contribution in [0.3, 0.4) is 0 Å². The van der Waals surface area contributed by atoms with E-state index in [4.69, 9.17) is 14.7 Å². The third kappa shape index (κ3) is 6.64. The summed E-state index contributed by atoms with van der Waals surface area (Å²) in [6.07, 6.45) is -0.117. The van der Waals surface area contributed by atoms with Crippen LogP contribution in [0.2, 0.25) is 0 Å². The molecule has 114 valence electrons. The smallest absolute Gasteiger partial charge is 0.323 e. The fourth-order valence-electron chi connectivity index (χ4n) is 1.99. The van der Waals surface area contributed by atoms with Gasteiger partial charge in [-0.05, 0) is 26.7 Å². The van der Waals surface area contributed by atoms with E-state index in [0.29, 0.717) is 19.6 Å². The van der Waals surface area contributed by atoms with E-state index in [0.717, 1.165) is 0 Å². The average molecular weight is 285 g/mol. The summed E-state index contributed by atoms with van der Waals surface area (Å²) in [6, 6.07) is 1.91. The molecule has 2 atom stereocenters. The van der Waals surface area contributed by atoms with Crippen LogP contribution in [0, 0.1) is 23.2 Å². The molecule has 0 saturated heterocycles. The van der Waals surface area contributed by atoms with E-state index in [1.165, 1.54) is 14.0 Å². The summed E-state index contributed by atoms with van der Waals surface area (Å²) in [5.41, 5.74) is 0. The van der Waals surface area contributed by atoms with Crippen molar-refractivity contribution in [1.29, 1.82) is 5.26 Å². The first-order chi connectivity index (χ1) is 9.49. The lowest BCUT2D eigenvalue weighted by Crippen LogP contribution is -2.30. The summed E-state index contributed by atoms with van der Waals surface area (Å²) in [5.74, 6) is -2.20. The zero-order valence-electron chi connectivity index (χ0n) is 12.5. The third-order valence-corrected chi connectivity index (χ3v) is 2.82. The van der Waals surface area contributed by atoms with Crippen LogP contribution in [0.4, 0.5) is 0 Å². The zero-order chi connectivity index (χ0) is 15.5. The minimum absolute atomic E-state index is 0.0918. The largest absolute Gasteiger partial charge is 0.468 e. The molecule has 6 heteroatoms. The minimum Gasteiger partial charge on any atom is -0.468 e. The number of ketones is 1. The third-order valence-electron chi connectivity index (χ3n) is 2.82. The van der Waals surface area contributed by atoms with Gasteiger partial charge in [0.25, 0.3) is 0 Å². The lowest BCUT2D eigenvalue weighted by Gasteiger charge is -2.24. The predicted octanol–water partition coefficient (Wildman–Crippen LogP) is 1.68. The Labute approximate surface area is 120 Å². The Morgan fingerprint density at radius 1 is 1.20 bits per heavy atom. The highest BCUT2D eigenvalue weighted by atomic mass is 16.7. The summed E-state index contributed by atoms with van der Waals surface area (Å²) in [4.78, 5) is 23.0. The molecule has 0 fully saturated rings. The lowest BCUT2D eigenvalue weighted by molar-refractivity contribution is -0.156. The van der Waals surface area contributed by atoms with Crippen molar-refractivity contribution in [2.75, 3.05) is 20.3 Å². The molecule has 0 heterocycles. The van der Waals surface area contributed by atoms with Crippen molar-refractivity contribution >= 4 is 11.8 Å². The summed E-state index contributed by atoms with van der Waals surface area (Å²) in [5, 5.41) is 9.14. The maximum Gasteiger partial charge on any atom is 0.323 e. The van der Waals surface area contributed by atoms with Gasteiger partial charge in [0, 0.05) is 26.1 Å². The number of nitrogens with zero attached hydrogens (tertiary/aromatic N) is 1. The number of methoxy groups -OCH3 is 1.